The summed E-state index contributed by atoms with van der Waals surface area (Å²) in [5.74, 6) is 0. The predicted octanol–water partition coefficient (Wildman–Crippen LogP) is 8.64. The van der Waals surface area contributed by atoms with E-state index in [0.29, 0.717) is 0 Å². The van der Waals surface area contributed by atoms with Gasteiger partial charge < -0.3 is 9.76 Å². The first-order valence-electron chi connectivity index (χ1n) is 15.5. The molecule has 1 radical (unpaired) electrons. The average Bonchev–Trinajstić information content (AvgIpc) is 3.62. The standard InChI is InChI=1S/C41H32BO2/c1-39(2,43)40(3,4)44-42-24-20-21-35-31(22-24)27-14-7-9-18-33(27)41(35)34-19-10-8-15-29(34)38-30-17-11-16-28-25-12-5-6-13-26(25)32(37(28)30)23-36(38)41/h5-23,43H,1-4H3. The summed E-state index contributed by atoms with van der Waals surface area (Å²) < 4.78 is 6.20. The van der Waals surface area contributed by atoms with Crippen LogP contribution in [0.2, 0.25) is 0 Å². The molecule has 3 aliphatic rings. The first kappa shape index (κ1) is 26.0. The molecule has 6 aromatic carbocycles. The van der Waals surface area contributed by atoms with Crippen molar-refractivity contribution in [3.63, 3.8) is 0 Å². The van der Waals surface area contributed by atoms with Crippen LogP contribution in [0.3, 0.4) is 0 Å². The van der Waals surface area contributed by atoms with Crippen LogP contribution in [-0.2, 0) is 10.1 Å². The number of aliphatic hydroxyl groups is 1. The molecular weight excluding hydrogens is 535 g/mol. The first-order valence-corrected chi connectivity index (χ1v) is 15.5. The fourth-order valence-corrected chi connectivity index (χ4v) is 7.95. The second kappa shape index (κ2) is 8.60. The summed E-state index contributed by atoms with van der Waals surface area (Å²) in [4.78, 5) is 0. The minimum Gasteiger partial charge on any atom is -0.427 e. The smallest absolute Gasteiger partial charge is 0.330 e. The maximum absolute atomic E-state index is 10.7. The number of rotatable bonds is 4. The SMILES string of the molecule is CC(C)(O)C(C)(C)O[B]c1ccc2c(c1)-c1ccccc1C21c2ccccc2-c2c1cc1c3c(cccc23)-c2ccccc2-1. The van der Waals surface area contributed by atoms with Crippen LogP contribution in [0, 0.1) is 0 Å². The Morgan fingerprint density at radius 1 is 0.545 bits per heavy atom. The zero-order chi connectivity index (χ0) is 30.0. The summed E-state index contributed by atoms with van der Waals surface area (Å²) in [5.41, 5.74) is 14.6. The van der Waals surface area contributed by atoms with E-state index in [9.17, 15) is 5.11 Å². The molecule has 1 unspecified atom stereocenters. The van der Waals surface area contributed by atoms with E-state index in [4.69, 9.17) is 4.65 Å². The molecule has 1 spiro atoms. The van der Waals surface area contributed by atoms with Gasteiger partial charge in [0, 0.05) is 0 Å². The fraction of sp³-hybridized carbons (Fsp3) is 0.171. The van der Waals surface area contributed by atoms with Crippen molar-refractivity contribution in [1.29, 1.82) is 0 Å². The van der Waals surface area contributed by atoms with Crippen LogP contribution in [0.25, 0.3) is 55.3 Å². The highest BCUT2D eigenvalue weighted by atomic mass is 16.5. The molecule has 3 heteroatoms. The maximum Gasteiger partial charge on any atom is 0.330 e. The molecule has 0 saturated carbocycles. The number of hydrogen-bond donors (Lipinski definition) is 1. The lowest BCUT2D eigenvalue weighted by molar-refractivity contribution is -0.0893. The van der Waals surface area contributed by atoms with E-state index in [-0.39, 0.29) is 0 Å². The summed E-state index contributed by atoms with van der Waals surface area (Å²) in [6, 6.07) is 42.9. The Labute approximate surface area is 259 Å². The molecular formula is C41H32BO2. The Kier molecular flexibility index (Phi) is 5.08. The van der Waals surface area contributed by atoms with Gasteiger partial charge in [0.15, 0.2) is 0 Å². The van der Waals surface area contributed by atoms with Crippen molar-refractivity contribution in [2.24, 2.45) is 0 Å². The summed E-state index contributed by atoms with van der Waals surface area (Å²) in [7, 11) is 1.80. The molecule has 0 saturated heterocycles. The highest BCUT2D eigenvalue weighted by molar-refractivity contribution is 6.47. The lowest BCUT2D eigenvalue weighted by Crippen LogP contribution is -2.49. The third kappa shape index (κ3) is 3.14. The van der Waals surface area contributed by atoms with E-state index >= 15 is 0 Å². The molecule has 44 heavy (non-hydrogen) atoms. The van der Waals surface area contributed by atoms with E-state index in [1.165, 1.54) is 77.5 Å². The van der Waals surface area contributed by atoms with Crippen molar-refractivity contribution < 1.29 is 9.76 Å². The van der Waals surface area contributed by atoms with E-state index in [1.54, 1.807) is 21.3 Å². The van der Waals surface area contributed by atoms with Crippen molar-refractivity contribution in [2.45, 2.75) is 44.3 Å². The van der Waals surface area contributed by atoms with Crippen LogP contribution in [0.1, 0.15) is 49.9 Å². The molecule has 0 aliphatic heterocycles. The van der Waals surface area contributed by atoms with Gasteiger partial charge in [0.2, 0.25) is 0 Å². The van der Waals surface area contributed by atoms with Crippen molar-refractivity contribution >= 4 is 23.7 Å². The zero-order valence-corrected chi connectivity index (χ0v) is 25.4. The van der Waals surface area contributed by atoms with Gasteiger partial charge in [-0.1, -0.05) is 115 Å². The zero-order valence-electron chi connectivity index (χ0n) is 25.4. The molecule has 2 nitrogen and oxygen atoms in total. The minimum absolute atomic E-state index is 0.429. The molecule has 1 atom stereocenters. The second-order valence-electron chi connectivity index (χ2n) is 13.6. The Bertz CT molecular complexity index is 2200. The number of fused-ring (bicyclic) bond motifs is 14. The third-order valence-corrected chi connectivity index (χ3v) is 10.7. The van der Waals surface area contributed by atoms with Gasteiger partial charge in [-0.05, 0) is 111 Å². The number of benzene rings is 6. The van der Waals surface area contributed by atoms with Gasteiger partial charge in [0.05, 0.1) is 16.6 Å². The van der Waals surface area contributed by atoms with Gasteiger partial charge in [-0.3, -0.25) is 0 Å². The first-order chi connectivity index (χ1) is 21.2. The van der Waals surface area contributed by atoms with Gasteiger partial charge in [-0.15, -0.1) is 0 Å². The summed E-state index contributed by atoms with van der Waals surface area (Å²) in [6.45, 7) is 7.42. The highest BCUT2D eigenvalue weighted by Gasteiger charge is 2.52. The third-order valence-electron chi connectivity index (χ3n) is 10.7. The summed E-state index contributed by atoms with van der Waals surface area (Å²) in [5, 5.41) is 13.4. The molecule has 211 valence electrons. The van der Waals surface area contributed by atoms with Crippen molar-refractivity contribution in [2.75, 3.05) is 0 Å². The van der Waals surface area contributed by atoms with Crippen LogP contribution in [-0.4, -0.2) is 23.8 Å². The van der Waals surface area contributed by atoms with E-state index in [2.05, 4.69) is 115 Å². The van der Waals surface area contributed by atoms with E-state index < -0.39 is 16.6 Å². The maximum atomic E-state index is 10.7. The van der Waals surface area contributed by atoms with Gasteiger partial charge in [0.1, 0.15) is 0 Å². The summed E-state index contributed by atoms with van der Waals surface area (Å²) >= 11 is 0. The quantitative estimate of drug-likeness (QED) is 0.216. The van der Waals surface area contributed by atoms with Gasteiger partial charge in [0.25, 0.3) is 0 Å². The molecule has 0 bridgehead atoms. The van der Waals surface area contributed by atoms with E-state index in [1.807, 2.05) is 13.8 Å². The van der Waals surface area contributed by atoms with Crippen LogP contribution in [0.15, 0.2) is 115 Å². The van der Waals surface area contributed by atoms with Crippen LogP contribution < -0.4 is 5.46 Å². The molecule has 6 aromatic rings. The fourth-order valence-electron chi connectivity index (χ4n) is 7.95. The highest BCUT2D eigenvalue weighted by Crippen LogP contribution is 2.65. The Morgan fingerprint density at radius 2 is 1.14 bits per heavy atom. The van der Waals surface area contributed by atoms with Gasteiger partial charge >= 0.3 is 7.48 Å². The van der Waals surface area contributed by atoms with Crippen molar-refractivity contribution in [3.05, 3.63) is 138 Å². The normalized spacial score (nSPS) is 16.9. The Hall–Kier alpha value is -4.44. The average molecular weight is 568 g/mol. The molecule has 0 heterocycles. The minimum atomic E-state index is -0.989. The monoisotopic (exact) mass is 567 g/mol. The molecule has 1 N–H and O–H groups in total. The molecule has 3 aliphatic carbocycles. The number of hydrogen-bond acceptors (Lipinski definition) is 2. The van der Waals surface area contributed by atoms with E-state index in [0.717, 1.165) is 5.46 Å². The lowest BCUT2D eigenvalue weighted by atomic mass is 9.69. The van der Waals surface area contributed by atoms with Gasteiger partial charge in [-0.2, -0.15) is 0 Å². The van der Waals surface area contributed by atoms with Crippen LogP contribution >= 0.6 is 0 Å². The molecule has 0 amide bonds. The van der Waals surface area contributed by atoms with Crippen molar-refractivity contribution in [1.82, 2.24) is 0 Å². The summed E-state index contributed by atoms with van der Waals surface area (Å²) in [6.07, 6.45) is 0. The Morgan fingerprint density at radius 3 is 1.86 bits per heavy atom. The van der Waals surface area contributed by atoms with Crippen LogP contribution in [0.4, 0.5) is 0 Å². The molecule has 0 aromatic heterocycles. The second-order valence-corrected chi connectivity index (χ2v) is 13.6. The Balaban J connectivity index is 1.33. The van der Waals surface area contributed by atoms with Gasteiger partial charge in [-0.25, -0.2) is 0 Å². The van der Waals surface area contributed by atoms with Crippen molar-refractivity contribution in [3.8, 4) is 44.5 Å². The topological polar surface area (TPSA) is 29.5 Å². The molecule has 9 rings (SSSR count). The predicted molar refractivity (Wildman–Crippen MR) is 182 cm³/mol. The lowest BCUT2D eigenvalue weighted by Gasteiger charge is -2.37. The largest absolute Gasteiger partial charge is 0.427 e. The van der Waals surface area contributed by atoms with Crippen LogP contribution in [0.5, 0.6) is 0 Å². The molecule has 0 fully saturated rings.